The van der Waals surface area contributed by atoms with Gasteiger partial charge < -0.3 is 9.84 Å². The van der Waals surface area contributed by atoms with Crippen molar-refractivity contribution >= 4 is 11.8 Å². The second kappa shape index (κ2) is 7.18. The van der Waals surface area contributed by atoms with Crippen LogP contribution in [0.1, 0.15) is 46.5 Å². The largest absolute Gasteiger partial charge is 0.465 e. The summed E-state index contributed by atoms with van der Waals surface area (Å²) >= 11 is 0. The topological polar surface area (TPSA) is 66.8 Å². The molecule has 2 atom stereocenters. The number of aliphatic hydroxyl groups is 1. The molecule has 1 saturated carbocycles. The monoisotopic (exact) mass is 285 g/mol. The van der Waals surface area contributed by atoms with E-state index >= 15 is 0 Å². The lowest BCUT2D eigenvalue weighted by Gasteiger charge is -2.36. The lowest BCUT2D eigenvalue weighted by molar-refractivity contribution is -0.158. The molecule has 1 fully saturated rings. The minimum Gasteiger partial charge on any atom is -0.465 e. The van der Waals surface area contributed by atoms with Crippen molar-refractivity contribution < 1.29 is 19.4 Å². The second-order valence-electron chi connectivity index (χ2n) is 6.10. The van der Waals surface area contributed by atoms with Gasteiger partial charge in [-0.25, -0.2) is 0 Å². The van der Waals surface area contributed by atoms with Gasteiger partial charge in [-0.1, -0.05) is 12.8 Å². The molecule has 1 aliphatic carbocycles. The molecule has 5 nitrogen and oxygen atoms in total. The Labute approximate surface area is 121 Å². The van der Waals surface area contributed by atoms with Crippen LogP contribution in [-0.4, -0.2) is 54.1 Å². The Balaban J connectivity index is 2.62. The third-order valence-electron chi connectivity index (χ3n) is 4.14. The zero-order valence-corrected chi connectivity index (χ0v) is 13.0. The summed E-state index contributed by atoms with van der Waals surface area (Å²) in [5.74, 6) is -0.654. The SMILES string of the molecule is CCOC(=O)C(C)(C)C(=O)CN(C)C1CCCCC1O. The molecule has 116 valence electrons. The maximum atomic E-state index is 12.3. The molecule has 0 bridgehead atoms. The summed E-state index contributed by atoms with van der Waals surface area (Å²) in [5.41, 5.74) is -1.14. The minimum absolute atomic E-state index is 0.00527. The van der Waals surface area contributed by atoms with Crippen LogP contribution in [0, 0.1) is 5.41 Å². The number of ketones is 1. The number of rotatable bonds is 6. The van der Waals surface area contributed by atoms with Crippen molar-refractivity contribution in [2.75, 3.05) is 20.2 Å². The molecule has 0 saturated heterocycles. The van der Waals surface area contributed by atoms with Crippen molar-refractivity contribution in [2.24, 2.45) is 5.41 Å². The van der Waals surface area contributed by atoms with Gasteiger partial charge in [-0.15, -0.1) is 0 Å². The highest BCUT2D eigenvalue weighted by atomic mass is 16.5. The second-order valence-corrected chi connectivity index (χ2v) is 6.10. The van der Waals surface area contributed by atoms with E-state index in [1.165, 1.54) is 0 Å². The number of hydrogen-bond acceptors (Lipinski definition) is 5. The van der Waals surface area contributed by atoms with Gasteiger partial charge in [-0.05, 0) is 40.7 Å². The van der Waals surface area contributed by atoms with Gasteiger partial charge in [-0.2, -0.15) is 0 Å². The fraction of sp³-hybridized carbons (Fsp3) is 0.867. The molecule has 2 unspecified atom stereocenters. The van der Waals surface area contributed by atoms with Crippen LogP contribution in [-0.2, 0) is 14.3 Å². The molecule has 0 aromatic heterocycles. The zero-order valence-electron chi connectivity index (χ0n) is 13.0. The molecule has 0 heterocycles. The summed E-state index contributed by atoms with van der Waals surface area (Å²) < 4.78 is 4.95. The van der Waals surface area contributed by atoms with Crippen LogP contribution in [0.4, 0.5) is 0 Å². The predicted octanol–water partition coefficient (Wildman–Crippen LogP) is 1.38. The Morgan fingerprint density at radius 1 is 1.30 bits per heavy atom. The van der Waals surface area contributed by atoms with E-state index < -0.39 is 11.4 Å². The lowest BCUT2D eigenvalue weighted by Crippen LogP contribution is -2.48. The summed E-state index contributed by atoms with van der Waals surface area (Å²) in [5, 5.41) is 10.0. The van der Waals surface area contributed by atoms with Crippen molar-refractivity contribution in [1.82, 2.24) is 4.90 Å². The van der Waals surface area contributed by atoms with E-state index in [0.717, 1.165) is 25.7 Å². The number of ether oxygens (including phenoxy) is 1. The molecule has 1 rings (SSSR count). The molecule has 0 spiro atoms. The highest BCUT2D eigenvalue weighted by Gasteiger charge is 2.39. The normalized spacial score (nSPS) is 23.7. The van der Waals surface area contributed by atoms with Crippen LogP contribution in [0.15, 0.2) is 0 Å². The fourth-order valence-corrected chi connectivity index (χ4v) is 2.57. The van der Waals surface area contributed by atoms with Gasteiger partial charge in [0.25, 0.3) is 0 Å². The first-order valence-electron chi connectivity index (χ1n) is 7.39. The van der Waals surface area contributed by atoms with E-state index in [1.807, 2.05) is 11.9 Å². The van der Waals surface area contributed by atoms with E-state index in [1.54, 1.807) is 20.8 Å². The molecule has 1 N–H and O–H groups in total. The average molecular weight is 285 g/mol. The molecular formula is C15H27NO4. The smallest absolute Gasteiger partial charge is 0.319 e. The van der Waals surface area contributed by atoms with Gasteiger partial charge in [0.05, 0.1) is 19.3 Å². The molecule has 0 aromatic carbocycles. The first-order chi connectivity index (χ1) is 9.30. The van der Waals surface area contributed by atoms with Gasteiger partial charge in [0.1, 0.15) is 5.41 Å². The summed E-state index contributed by atoms with van der Waals surface area (Å²) in [4.78, 5) is 26.0. The maximum absolute atomic E-state index is 12.3. The molecule has 20 heavy (non-hydrogen) atoms. The van der Waals surface area contributed by atoms with Crippen LogP contribution in [0.3, 0.4) is 0 Å². The molecule has 5 heteroatoms. The van der Waals surface area contributed by atoms with Gasteiger partial charge in [0, 0.05) is 6.04 Å². The minimum atomic E-state index is -1.14. The Bertz CT molecular complexity index is 354. The summed E-state index contributed by atoms with van der Waals surface area (Å²) in [6, 6.07) is 0.00527. The highest BCUT2D eigenvalue weighted by molar-refractivity contribution is 6.03. The fourth-order valence-electron chi connectivity index (χ4n) is 2.57. The van der Waals surface area contributed by atoms with Gasteiger partial charge in [-0.3, -0.25) is 14.5 Å². The molecule has 1 aliphatic rings. The standard InChI is InChI=1S/C15H27NO4/c1-5-20-14(19)15(2,3)13(18)10-16(4)11-8-6-7-9-12(11)17/h11-12,17H,5-10H2,1-4H3. The summed E-state index contributed by atoms with van der Waals surface area (Å²) in [6.45, 7) is 5.35. The first-order valence-corrected chi connectivity index (χ1v) is 7.39. The van der Waals surface area contributed by atoms with Crippen LogP contribution in [0.5, 0.6) is 0 Å². The Morgan fingerprint density at radius 3 is 2.45 bits per heavy atom. The van der Waals surface area contributed by atoms with E-state index in [9.17, 15) is 14.7 Å². The number of carbonyl (C=O) groups excluding carboxylic acids is 2. The van der Waals surface area contributed by atoms with Crippen LogP contribution in [0.2, 0.25) is 0 Å². The molecule has 0 amide bonds. The Morgan fingerprint density at radius 2 is 1.90 bits per heavy atom. The quantitative estimate of drug-likeness (QED) is 0.590. The molecule has 0 aliphatic heterocycles. The van der Waals surface area contributed by atoms with Crippen molar-refractivity contribution in [3.8, 4) is 0 Å². The number of aliphatic hydroxyl groups excluding tert-OH is 1. The number of likely N-dealkylation sites (N-methyl/N-ethyl adjacent to an activating group) is 1. The molecule has 0 aromatic rings. The van der Waals surface area contributed by atoms with E-state index in [4.69, 9.17) is 4.74 Å². The zero-order chi connectivity index (χ0) is 15.3. The van der Waals surface area contributed by atoms with Crippen molar-refractivity contribution in [3.63, 3.8) is 0 Å². The first kappa shape index (κ1) is 17.1. The third-order valence-corrected chi connectivity index (χ3v) is 4.14. The van der Waals surface area contributed by atoms with E-state index in [2.05, 4.69) is 0 Å². The third kappa shape index (κ3) is 4.03. The van der Waals surface area contributed by atoms with Crippen molar-refractivity contribution in [2.45, 2.75) is 58.6 Å². The average Bonchev–Trinajstić information content (AvgIpc) is 2.39. The summed E-state index contributed by atoms with van der Waals surface area (Å²) in [6.07, 6.45) is 3.40. The van der Waals surface area contributed by atoms with Crippen molar-refractivity contribution in [1.29, 1.82) is 0 Å². The maximum Gasteiger partial charge on any atom is 0.319 e. The van der Waals surface area contributed by atoms with E-state index in [0.29, 0.717) is 0 Å². The number of nitrogens with zero attached hydrogens (tertiary/aromatic N) is 1. The van der Waals surface area contributed by atoms with Crippen LogP contribution < -0.4 is 0 Å². The predicted molar refractivity (Wildman–Crippen MR) is 76.3 cm³/mol. The number of esters is 1. The van der Waals surface area contributed by atoms with Gasteiger partial charge >= 0.3 is 5.97 Å². The number of carbonyl (C=O) groups is 2. The lowest BCUT2D eigenvalue weighted by atomic mass is 9.86. The van der Waals surface area contributed by atoms with Gasteiger partial charge in [0.2, 0.25) is 0 Å². The van der Waals surface area contributed by atoms with Crippen molar-refractivity contribution in [3.05, 3.63) is 0 Å². The molecule has 0 radical (unpaired) electrons. The van der Waals surface area contributed by atoms with Crippen LogP contribution >= 0.6 is 0 Å². The number of Topliss-reactive ketones (excluding diaryl/α,β-unsaturated/α-hetero) is 1. The summed E-state index contributed by atoms with van der Waals surface area (Å²) in [7, 11) is 1.83. The Hall–Kier alpha value is -0.940. The van der Waals surface area contributed by atoms with Crippen LogP contribution in [0.25, 0.3) is 0 Å². The number of hydrogen-bond donors (Lipinski definition) is 1. The highest BCUT2D eigenvalue weighted by Crippen LogP contribution is 2.24. The Kier molecular flexibility index (Phi) is 6.14. The molecular weight excluding hydrogens is 258 g/mol. The van der Waals surface area contributed by atoms with E-state index in [-0.39, 0.29) is 31.1 Å². The van der Waals surface area contributed by atoms with Gasteiger partial charge in [0.15, 0.2) is 5.78 Å².